The molecular weight excluding hydrogens is 328 g/mol. The summed E-state index contributed by atoms with van der Waals surface area (Å²) in [5.74, 6) is -1.96. The number of benzene rings is 1. The average molecular weight is 336 g/mol. The molecule has 0 aromatic heterocycles. The van der Waals surface area contributed by atoms with Gasteiger partial charge in [0.1, 0.15) is 0 Å². The molecule has 12 heteroatoms. The fourth-order valence-corrected chi connectivity index (χ4v) is 2.82. The topological polar surface area (TPSA) is 158 Å². The first-order chi connectivity index (χ1) is 9.54. The third-order valence-corrected chi connectivity index (χ3v) is 4.38. The number of nitro groups is 2. The van der Waals surface area contributed by atoms with Crippen molar-refractivity contribution in [1.29, 1.82) is 0 Å². The second-order valence-electron chi connectivity index (χ2n) is 3.76. The molecule has 0 radical (unpaired) electrons. The monoisotopic (exact) mass is 336 g/mol. The van der Waals surface area contributed by atoms with E-state index in [0.29, 0.717) is 23.9 Å². The number of aliphatic carboxylic acids is 1. The van der Waals surface area contributed by atoms with E-state index >= 15 is 0 Å². The molecule has 0 heterocycles. The Kier molecular flexibility index (Phi) is 4.85. The maximum atomic E-state index is 11.4. The molecule has 1 aromatic rings. The highest BCUT2D eigenvalue weighted by Crippen LogP contribution is 2.39. The maximum Gasteiger partial charge on any atom is 0.313 e. The van der Waals surface area contributed by atoms with Crippen LogP contribution in [-0.2, 0) is 14.6 Å². The van der Waals surface area contributed by atoms with Gasteiger partial charge in [-0.3, -0.25) is 25.0 Å². The number of hydrogen-bond donors (Lipinski definition) is 1. The lowest BCUT2D eigenvalue weighted by atomic mass is 10.3. The van der Waals surface area contributed by atoms with E-state index in [9.17, 15) is 33.4 Å². The standard InChI is InChI=1S/C9H8N2O8S2/c1-21(18,19)5-2-6(10(14)15)9(20-4-8(12)13)7(3-5)11(16)17/h2-3H,4H2,1H3,(H,12,13). The van der Waals surface area contributed by atoms with Crippen molar-refractivity contribution in [1.82, 2.24) is 0 Å². The maximum absolute atomic E-state index is 11.4. The van der Waals surface area contributed by atoms with Crippen molar-refractivity contribution in [3.05, 3.63) is 32.4 Å². The number of nitrogens with zero attached hydrogens (tertiary/aromatic N) is 2. The van der Waals surface area contributed by atoms with Crippen LogP contribution < -0.4 is 0 Å². The van der Waals surface area contributed by atoms with E-state index in [4.69, 9.17) is 5.11 Å². The first kappa shape index (κ1) is 16.8. The Labute approximate surface area is 122 Å². The minimum Gasteiger partial charge on any atom is -0.481 e. The van der Waals surface area contributed by atoms with Gasteiger partial charge in [0, 0.05) is 18.4 Å². The Balaban J connectivity index is 3.62. The molecular formula is C9H8N2O8S2. The van der Waals surface area contributed by atoms with Crippen molar-refractivity contribution < 1.29 is 28.2 Å². The molecule has 0 saturated heterocycles. The number of carboxylic acids is 1. The molecule has 0 atom stereocenters. The van der Waals surface area contributed by atoms with Crippen LogP contribution in [0.3, 0.4) is 0 Å². The van der Waals surface area contributed by atoms with E-state index in [2.05, 4.69) is 0 Å². The summed E-state index contributed by atoms with van der Waals surface area (Å²) in [4.78, 5) is 29.3. The fraction of sp³-hybridized carbons (Fsp3) is 0.222. The van der Waals surface area contributed by atoms with Crippen LogP contribution in [0.5, 0.6) is 0 Å². The Morgan fingerprint density at radius 1 is 1.24 bits per heavy atom. The Bertz CT molecular complexity index is 692. The molecule has 1 rings (SSSR count). The van der Waals surface area contributed by atoms with Gasteiger partial charge in [-0.25, -0.2) is 8.42 Å². The fourth-order valence-electron chi connectivity index (χ4n) is 1.34. The zero-order chi connectivity index (χ0) is 16.4. The SMILES string of the molecule is CS(=O)(=O)c1cc([N+](=O)[O-])c(SCC(=O)O)c([N+](=O)[O-])c1. The third kappa shape index (κ3) is 4.13. The van der Waals surface area contributed by atoms with Crippen molar-refractivity contribution in [3.8, 4) is 0 Å². The highest BCUT2D eigenvalue weighted by Gasteiger charge is 2.30. The van der Waals surface area contributed by atoms with Crippen molar-refractivity contribution >= 4 is 38.9 Å². The quantitative estimate of drug-likeness (QED) is 0.455. The molecule has 10 nitrogen and oxygen atoms in total. The van der Waals surface area contributed by atoms with Gasteiger partial charge in [-0.05, 0) is 0 Å². The first-order valence-electron chi connectivity index (χ1n) is 5.05. The minimum atomic E-state index is -3.90. The molecule has 0 amide bonds. The van der Waals surface area contributed by atoms with Gasteiger partial charge >= 0.3 is 5.97 Å². The van der Waals surface area contributed by atoms with Gasteiger partial charge in [0.05, 0.1) is 20.5 Å². The number of nitro benzene ring substituents is 2. The van der Waals surface area contributed by atoms with Gasteiger partial charge in [-0.15, -0.1) is 11.8 Å². The van der Waals surface area contributed by atoms with Gasteiger partial charge in [-0.2, -0.15) is 0 Å². The molecule has 0 unspecified atom stereocenters. The summed E-state index contributed by atoms with van der Waals surface area (Å²) in [6, 6.07) is 1.35. The van der Waals surface area contributed by atoms with E-state index < -0.39 is 52.6 Å². The predicted molar refractivity (Wildman–Crippen MR) is 71.2 cm³/mol. The Morgan fingerprint density at radius 2 is 1.67 bits per heavy atom. The van der Waals surface area contributed by atoms with Crippen LogP contribution in [0.4, 0.5) is 11.4 Å². The number of sulfone groups is 1. The largest absolute Gasteiger partial charge is 0.481 e. The first-order valence-corrected chi connectivity index (χ1v) is 7.93. The summed E-state index contributed by atoms with van der Waals surface area (Å²) in [6.45, 7) is 0. The lowest BCUT2D eigenvalue weighted by Crippen LogP contribution is -2.05. The van der Waals surface area contributed by atoms with E-state index in [0.717, 1.165) is 6.26 Å². The lowest BCUT2D eigenvalue weighted by Gasteiger charge is -2.05. The zero-order valence-electron chi connectivity index (χ0n) is 10.4. The number of rotatable bonds is 6. The van der Waals surface area contributed by atoms with Crippen molar-refractivity contribution in [3.63, 3.8) is 0 Å². The van der Waals surface area contributed by atoms with Gasteiger partial charge in [0.25, 0.3) is 11.4 Å². The van der Waals surface area contributed by atoms with Gasteiger partial charge < -0.3 is 5.11 Å². The van der Waals surface area contributed by atoms with Crippen LogP contribution >= 0.6 is 11.8 Å². The highest BCUT2D eigenvalue weighted by molar-refractivity contribution is 8.00. The molecule has 0 saturated carbocycles. The summed E-state index contributed by atoms with van der Waals surface area (Å²) < 4.78 is 22.8. The highest BCUT2D eigenvalue weighted by atomic mass is 32.2. The molecule has 1 aromatic carbocycles. The number of thioether (sulfide) groups is 1. The van der Waals surface area contributed by atoms with Gasteiger partial charge in [0.2, 0.25) is 0 Å². The Hall–Kier alpha value is -2.21. The van der Waals surface area contributed by atoms with Gasteiger partial charge in [-0.1, -0.05) is 0 Å². The second-order valence-corrected chi connectivity index (χ2v) is 6.76. The van der Waals surface area contributed by atoms with E-state index in [1.54, 1.807) is 0 Å². The lowest BCUT2D eigenvalue weighted by molar-refractivity contribution is -0.400. The van der Waals surface area contributed by atoms with Crippen LogP contribution in [0.1, 0.15) is 0 Å². The van der Waals surface area contributed by atoms with Crippen LogP contribution in [0, 0.1) is 20.2 Å². The number of carbonyl (C=O) groups is 1. The van der Waals surface area contributed by atoms with Crippen LogP contribution in [-0.4, -0.2) is 41.3 Å². The van der Waals surface area contributed by atoms with Crippen LogP contribution in [0.2, 0.25) is 0 Å². The van der Waals surface area contributed by atoms with Crippen molar-refractivity contribution in [2.45, 2.75) is 9.79 Å². The summed E-state index contributed by atoms with van der Waals surface area (Å²) in [5.41, 5.74) is -1.65. The number of hydrogen-bond acceptors (Lipinski definition) is 8. The van der Waals surface area contributed by atoms with Gasteiger partial charge in [0.15, 0.2) is 14.7 Å². The van der Waals surface area contributed by atoms with E-state index in [-0.39, 0.29) is 0 Å². The molecule has 114 valence electrons. The molecule has 1 N–H and O–H groups in total. The summed E-state index contributed by atoms with van der Waals surface area (Å²) in [5, 5.41) is 30.5. The smallest absolute Gasteiger partial charge is 0.313 e. The minimum absolute atomic E-state index is 0.380. The molecule has 0 fully saturated rings. The zero-order valence-corrected chi connectivity index (χ0v) is 12.0. The summed E-state index contributed by atoms with van der Waals surface area (Å²) >= 11 is 0.380. The second kappa shape index (κ2) is 6.05. The normalized spacial score (nSPS) is 11.1. The summed E-state index contributed by atoms with van der Waals surface area (Å²) in [6.07, 6.45) is 0.750. The third-order valence-electron chi connectivity index (χ3n) is 2.18. The molecule has 0 aliphatic rings. The average Bonchev–Trinajstić information content (AvgIpc) is 2.33. The van der Waals surface area contributed by atoms with Crippen molar-refractivity contribution in [2.75, 3.05) is 12.0 Å². The van der Waals surface area contributed by atoms with Crippen LogP contribution in [0.15, 0.2) is 21.9 Å². The predicted octanol–water partition coefficient (Wildman–Crippen LogP) is 1.08. The summed E-state index contributed by atoms with van der Waals surface area (Å²) in [7, 11) is -3.90. The van der Waals surface area contributed by atoms with E-state index in [1.165, 1.54) is 0 Å². The molecule has 0 aliphatic carbocycles. The molecule has 0 aliphatic heterocycles. The van der Waals surface area contributed by atoms with E-state index in [1.807, 2.05) is 0 Å². The molecule has 0 spiro atoms. The van der Waals surface area contributed by atoms with Crippen molar-refractivity contribution in [2.24, 2.45) is 0 Å². The number of carboxylic acid groups (broad SMARTS) is 1. The molecule has 0 bridgehead atoms. The Morgan fingerprint density at radius 3 is 1.95 bits per heavy atom. The van der Waals surface area contributed by atoms with Crippen LogP contribution in [0.25, 0.3) is 0 Å². The molecule has 21 heavy (non-hydrogen) atoms.